The molecule has 166 valence electrons. The quantitative estimate of drug-likeness (QED) is 0.449. The van der Waals surface area contributed by atoms with E-state index < -0.39 is 10.9 Å². The Hall–Kier alpha value is -0.690. The second-order valence-corrected chi connectivity index (χ2v) is 13.3. The van der Waals surface area contributed by atoms with Gasteiger partial charge in [-0.2, -0.15) is 0 Å². The van der Waals surface area contributed by atoms with E-state index in [1.165, 1.54) is 13.8 Å². The number of carbonyl (C=O) groups excluding carboxylic acids is 3. The maximum absolute atomic E-state index is 13.6. The van der Waals surface area contributed by atoms with Gasteiger partial charge in [0.15, 0.2) is 11.9 Å². The van der Waals surface area contributed by atoms with Gasteiger partial charge in [-0.25, -0.2) is 0 Å². The summed E-state index contributed by atoms with van der Waals surface area (Å²) in [6.07, 6.45) is 6.27. The minimum absolute atomic E-state index is 0.0337. The molecule has 1 aliphatic heterocycles. The highest BCUT2D eigenvalue weighted by Gasteiger charge is 2.74. The van der Waals surface area contributed by atoms with Crippen LogP contribution in [0.2, 0.25) is 0 Å². The Balaban J connectivity index is 1.46. The van der Waals surface area contributed by atoms with E-state index in [2.05, 4.69) is 13.8 Å². The molecular weight excluding hydrogens is 420 g/mol. The lowest BCUT2D eigenvalue weighted by Crippen LogP contribution is -2.67. The lowest BCUT2D eigenvalue weighted by molar-refractivity contribution is -0.170. The number of Topliss-reactive ketones (excluding diaryl/α,β-unsaturated/α-hetero) is 1. The third kappa shape index (κ3) is 2.60. The van der Waals surface area contributed by atoms with Crippen LogP contribution in [0.3, 0.4) is 0 Å². The van der Waals surface area contributed by atoms with Crippen molar-refractivity contribution < 1.29 is 23.9 Å². The van der Waals surface area contributed by atoms with E-state index in [1.54, 1.807) is 10.8 Å². The molecule has 5 fully saturated rings. The van der Waals surface area contributed by atoms with Gasteiger partial charge >= 0.3 is 11.9 Å². The summed E-state index contributed by atoms with van der Waals surface area (Å²) in [6.45, 7) is 7.62. The molecule has 30 heavy (non-hydrogen) atoms. The summed E-state index contributed by atoms with van der Waals surface area (Å²) in [6, 6.07) is 0. The van der Waals surface area contributed by atoms with Gasteiger partial charge in [0, 0.05) is 36.3 Å². The minimum Gasteiger partial charge on any atom is -0.462 e. The first kappa shape index (κ1) is 21.2. The summed E-state index contributed by atoms with van der Waals surface area (Å²) in [5.74, 6) is 1.29. The largest absolute Gasteiger partial charge is 0.462 e. The Kier molecular flexibility index (Phi) is 4.87. The van der Waals surface area contributed by atoms with Crippen LogP contribution in [-0.4, -0.2) is 39.9 Å². The maximum atomic E-state index is 13.6. The molecule has 0 amide bonds. The van der Waals surface area contributed by atoms with E-state index in [0.717, 1.165) is 38.5 Å². The van der Waals surface area contributed by atoms with E-state index >= 15 is 0 Å². The molecule has 0 aromatic carbocycles. The zero-order chi connectivity index (χ0) is 21.5. The first-order valence-electron chi connectivity index (χ1n) is 11.4. The molecule has 5 nitrogen and oxygen atoms in total. The molecule has 7 heteroatoms. The Morgan fingerprint density at radius 2 is 1.70 bits per heavy atom. The molecule has 0 spiro atoms. The van der Waals surface area contributed by atoms with Crippen molar-refractivity contribution in [2.45, 2.75) is 94.8 Å². The van der Waals surface area contributed by atoms with E-state index in [4.69, 9.17) is 9.47 Å². The normalized spacial score (nSPS) is 51.5. The smallest absolute Gasteiger partial charge is 0.303 e. The molecule has 2 bridgehead atoms. The highest BCUT2D eigenvalue weighted by atomic mass is 33.1. The molecular formula is C23H32O5S2. The number of esters is 2. The Morgan fingerprint density at radius 1 is 0.967 bits per heavy atom. The van der Waals surface area contributed by atoms with Crippen LogP contribution in [0, 0.1) is 28.6 Å². The Bertz CT molecular complexity index is 800. The third-order valence-electron chi connectivity index (χ3n) is 9.53. The number of rotatable bonds is 2. The standard InChI is InChI=1S/C23H32O5S2/c1-12(24)27-17-11-19-22(4)16-8-9-21(3)15(5-6-18(21)28-13(2)25)14(16)7-10-23(22,20(17)26)30-29-19/h14-19H,5-11H2,1-4H3/t14-,15-,16-,17+,18-,19-,21-,22-,23+/m0/s1. The molecule has 5 rings (SSSR count). The maximum Gasteiger partial charge on any atom is 0.303 e. The lowest BCUT2D eigenvalue weighted by atomic mass is 9.44. The zero-order valence-corrected chi connectivity index (χ0v) is 19.9. The van der Waals surface area contributed by atoms with Crippen LogP contribution in [0.1, 0.15) is 72.6 Å². The van der Waals surface area contributed by atoms with E-state index in [0.29, 0.717) is 29.4 Å². The van der Waals surface area contributed by atoms with Crippen LogP contribution in [0.25, 0.3) is 0 Å². The predicted octanol–water partition coefficient (Wildman–Crippen LogP) is 4.57. The van der Waals surface area contributed by atoms with Gasteiger partial charge in [-0.3, -0.25) is 14.4 Å². The fourth-order valence-corrected chi connectivity index (χ4v) is 13.0. The van der Waals surface area contributed by atoms with Crippen LogP contribution < -0.4 is 0 Å². The van der Waals surface area contributed by atoms with Crippen LogP contribution >= 0.6 is 21.6 Å². The van der Waals surface area contributed by atoms with E-state index in [-0.39, 0.29) is 34.7 Å². The molecule has 0 aromatic heterocycles. The van der Waals surface area contributed by atoms with E-state index in [9.17, 15) is 14.4 Å². The third-order valence-corrected chi connectivity index (χ3v) is 13.5. The van der Waals surface area contributed by atoms with Crippen LogP contribution in [0.4, 0.5) is 0 Å². The SMILES string of the molecule is CC(=O)O[C@H]1CC[C@H]2[C@@H]3CC[C@@]45SS[C@@H](C[C@@H](OC(C)=O)C4=O)[C@]5(C)[C@H]3CC[C@]12C. The predicted molar refractivity (Wildman–Crippen MR) is 117 cm³/mol. The van der Waals surface area contributed by atoms with Crippen LogP contribution in [0.15, 0.2) is 0 Å². The molecule has 0 radical (unpaired) electrons. The highest BCUT2D eigenvalue weighted by Crippen LogP contribution is 2.76. The summed E-state index contributed by atoms with van der Waals surface area (Å²) >= 11 is 0. The number of ether oxygens (including phenoxy) is 2. The molecule has 9 atom stereocenters. The van der Waals surface area contributed by atoms with Gasteiger partial charge < -0.3 is 9.47 Å². The fraction of sp³-hybridized carbons (Fsp3) is 0.870. The van der Waals surface area contributed by atoms with Gasteiger partial charge in [0.2, 0.25) is 0 Å². The van der Waals surface area contributed by atoms with Gasteiger partial charge in [-0.15, -0.1) is 0 Å². The second kappa shape index (κ2) is 6.90. The van der Waals surface area contributed by atoms with Crippen molar-refractivity contribution in [1.82, 2.24) is 0 Å². The summed E-state index contributed by atoms with van der Waals surface area (Å²) in [5, 5.41) is 0.340. The number of carbonyl (C=O) groups is 3. The average molecular weight is 453 g/mol. The highest BCUT2D eigenvalue weighted by molar-refractivity contribution is 8.78. The number of ketones is 1. The summed E-state index contributed by atoms with van der Waals surface area (Å²) < 4.78 is 10.8. The Labute approximate surface area is 186 Å². The zero-order valence-electron chi connectivity index (χ0n) is 18.3. The average Bonchev–Trinajstić information content (AvgIpc) is 3.10. The molecule has 5 aliphatic rings. The fourth-order valence-electron chi connectivity index (χ4n) is 8.17. The summed E-state index contributed by atoms with van der Waals surface area (Å²) in [5.41, 5.74) is 0.00577. The van der Waals surface area contributed by atoms with Crippen molar-refractivity contribution in [3.8, 4) is 0 Å². The van der Waals surface area contributed by atoms with Gasteiger partial charge in [-0.1, -0.05) is 35.4 Å². The topological polar surface area (TPSA) is 69.7 Å². The van der Waals surface area contributed by atoms with Gasteiger partial charge in [0.25, 0.3) is 0 Å². The summed E-state index contributed by atoms with van der Waals surface area (Å²) in [4.78, 5) is 36.9. The van der Waals surface area contributed by atoms with Crippen LogP contribution in [-0.2, 0) is 23.9 Å². The molecule has 1 saturated heterocycles. The van der Waals surface area contributed by atoms with E-state index in [1.807, 2.05) is 10.8 Å². The molecule has 0 unspecified atom stereocenters. The number of fused-ring (bicyclic) bond motifs is 3. The summed E-state index contributed by atoms with van der Waals surface area (Å²) in [7, 11) is 3.64. The first-order chi connectivity index (χ1) is 14.1. The molecule has 0 N–H and O–H groups in total. The van der Waals surface area contributed by atoms with Gasteiger partial charge in [-0.05, 0) is 56.3 Å². The number of hydrogen-bond acceptors (Lipinski definition) is 7. The van der Waals surface area contributed by atoms with Gasteiger partial charge in [0.05, 0.1) is 4.75 Å². The lowest BCUT2D eigenvalue weighted by Gasteiger charge is -2.62. The molecule has 4 aliphatic carbocycles. The van der Waals surface area contributed by atoms with Crippen molar-refractivity contribution in [1.29, 1.82) is 0 Å². The number of hydrogen-bond donors (Lipinski definition) is 0. The second-order valence-electron chi connectivity index (χ2n) is 10.6. The molecule has 4 saturated carbocycles. The van der Waals surface area contributed by atoms with Crippen molar-refractivity contribution >= 4 is 39.3 Å². The molecule has 0 aromatic rings. The van der Waals surface area contributed by atoms with Crippen molar-refractivity contribution in [2.75, 3.05) is 0 Å². The monoisotopic (exact) mass is 452 g/mol. The van der Waals surface area contributed by atoms with Crippen molar-refractivity contribution in [3.63, 3.8) is 0 Å². The Morgan fingerprint density at radius 3 is 2.40 bits per heavy atom. The van der Waals surface area contributed by atoms with Crippen molar-refractivity contribution in [2.24, 2.45) is 28.6 Å². The molecule has 1 heterocycles. The van der Waals surface area contributed by atoms with Crippen LogP contribution in [0.5, 0.6) is 0 Å². The van der Waals surface area contributed by atoms with Crippen molar-refractivity contribution in [3.05, 3.63) is 0 Å². The van der Waals surface area contributed by atoms with Gasteiger partial charge in [0.1, 0.15) is 6.10 Å². The first-order valence-corrected chi connectivity index (χ1v) is 13.6. The minimum atomic E-state index is -0.576.